The number of nitrogens with one attached hydrogen (secondary N) is 2. The lowest BCUT2D eigenvalue weighted by Crippen LogP contribution is -2.51. The Morgan fingerprint density at radius 1 is 1.50 bits per heavy atom. The van der Waals surface area contributed by atoms with Crippen molar-refractivity contribution in [3.8, 4) is 0 Å². The molecule has 0 saturated carbocycles. The van der Waals surface area contributed by atoms with Crippen molar-refractivity contribution in [1.82, 2.24) is 20.5 Å². The molecule has 1 unspecified atom stereocenters. The Morgan fingerprint density at radius 2 is 2.14 bits per heavy atom. The molecule has 6 nitrogen and oxygen atoms in total. The largest absolute Gasteiger partial charge is 0.387 e. The summed E-state index contributed by atoms with van der Waals surface area (Å²) in [5.41, 5.74) is -1.07. The molecule has 0 aliphatic rings. The summed E-state index contributed by atoms with van der Waals surface area (Å²) >= 11 is 1.26. The molecule has 1 rings (SSSR count). The van der Waals surface area contributed by atoms with Crippen LogP contribution in [0.4, 0.5) is 0 Å². The summed E-state index contributed by atoms with van der Waals surface area (Å²) in [5.74, 6) is 0.818. The summed E-state index contributed by atoms with van der Waals surface area (Å²) in [6.45, 7) is 11.0. The van der Waals surface area contributed by atoms with Crippen molar-refractivity contribution >= 4 is 17.7 Å². The van der Waals surface area contributed by atoms with Crippen molar-refractivity contribution in [1.29, 1.82) is 0 Å². The van der Waals surface area contributed by atoms with Gasteiger partial charge in [0.1, 0.15) is 5.82 Å². The van der Waals surface area contributed by atoms with Gasteiger partial charge in [0.25, 0.3) is 0 Å². The van der Waals surface area contributed by atoms with Gasteiger partial charge in [-0.25, -0.2) is 4.98 Å². The summed E-state index contributed by atoms with van der Waals surface area (Å²) in [6, 6.07) is -0.407. The molecule has 0 radical (unpaired) electrons. The van der Waals surface area contributed by atoms with Crippen molar-refractivity contribution in [3.05, 3.63) is 31.1 Å². The average Bonchev–Trinajstić information content (AvgIpc) is 2.93. The van der Waals surface area contributed by atoms with Crippen LogP contribution in [0.2, 0.25) is 0 Å². The number of nitrogens with zero attached hydrogens (tertiary/aromatic N) is 2. The fourth-order valence-electron chi connectivity index (χ4n) is 1.98. The van der Waals surface area contributed by atoms with E-state index in [0.717, 1.165) is 12.2 Å². The molecule has 1 aromatic heterocycles. The monoisotopic (exact) mass is 324 g/mol. The summed E-state index contributed by atoms with van der Waals surface area (Å²) in [4.78, 5) is 16.2. The maximum atomic E-state index is 12.0. The van der Waals surface area contributed by atoms with Gasteiger partial charge < -0.3 is 10.4 Å². The summed E-state index contributed by atoms with van der Waals surface area (Å²) in [6.07, 6.45) is 4.82. The van der Waals surface area contributed by atoms with Crippen LogP contribution in [0.1, 0.15) is 32.5 Å². The van der Waals surface area contributed by atoms with E-state index >= 15 is 0 Å². The minimum atomic E-state index is -1.07. The molecule has 1 heterocycles. The number of rotatable bonds is 10. The standard InChI is InChI=1S/C15H24N4O2S/c1-5-8-15(21,9-6-2)11(4)16-13(20)10-22-14-17-12(7-3)18-19-14/h5-6,11,21H,1-2,7-10H2,3-4H3,(H,16,20)(H,17,18,19). The topological polar surface area (TPSA) is 90.9 Å². The second kappa shape index (κ2) is 8.75. The number of thioether (sulfide) groups is 1. The quantitative estimate of drug-likeness (QED) is 0.451. The summed E-state index contributed by atoms with van der Waals surface area (Å²) in [5, 5.41) is 20.7. The zero-order valence-electron chi connectivity index (χ0n) is 13.1. The number of aryl methyl sites for hydroxylation is 1. The Kier molecular flexibility index (Phi) is 7.34. The van der Waals surface area contributed by atoms with Gasteiger partial charge in [0, 0.05) is 6.42 Å². The van der Waals surface area contributed by atoms with Gasteiger partial charge in [-0.15, -0.1) is 18.3 Å². The highest BCUT2D eigenvalue weighted by Gasteiger charge is 2.32. The molecule has 0 aromatic carbocycles. The van der Waals surface area contributed by atoms with E-state index in [1.54, 1.807) is 19.1 Å². The predicted molar refractivity (Wildman–Crippen MR) is 88.7 cm³/mol. The fraction of sp³-hybridized carbons (Fsp3) is 0.533. The maximum absolute atomic E-state index is 12.0. The SMILES string of the molecule is C=CCC(O)(CC=C)C(C)NC(=O)CSc1n[nH]c(CC)n1. The Balaban J connectivity index is 2.51. The molecule has 0 aliphatic heterocycles. The van der Waals surface area contributed by atoms with Crippen LogP contribution < -0.4 is 5.32 Å². The molecular formula is C15H24N4O2S. The number of aromatic nitrogens is 3. The van der Waals surface area contributed by atoms with Gasteiger partial charge >= 0.3 is 0 Å². The first-order valence-corrected chi connectivity index (χ1v) is 8.21. The lowest BCUT2D eigenvalue weighted by molar-refractivity contribution is -0.121. The van der Waals surface area contributed by atoms with E-state index in [-0.39, 0.29) is 11.7 Å². The number of hydrogen-bond acceptors (Lipinski definition) is 5. The molecule has 0 bridgehead atoms. The third kappa shape index (κ3) is 5.31. The van der Waals surface area contributed by atoms with E-state index in [1.807, 2.05) is 6.92 Å². The molecule has 122 valence electrons. The van der Waals surface area contributed by atoms with Crippen molar-refractivity contribution in [3.63, 3.8) is 0 Å². The number of hydrogen-bond donors (Lipinski definition) is 3. The van der Waals surface area contributed by atoms with Crippen LogP contribution >= 0.6 is 11.8 Å². The van der Waals surface area contributed by atoms with Gasteiger partial charge in [-0.05, 0) is 19.8 Å². The van der Waals surface area contributed by atoms with Crippen LogP contribution in [0.5, 0.6) is 0 Å². The van der Waals surface area contributed by atoms with Gasteiger partial charge in [0.15, 0.2) is 0 Å². The second-order valence-electron chi connectivity index (χ2n) is 5.09. The first kappa shape index (κ1) is 18.4. The van der Waals surface area contributed by atoms with Crippen molar-refractivity contribution < 1.29 is 9.90 Å². The number of H-pyrrole nitrogens is 1. The van der Waals surface area contributed by atoms with Crippen LogP contribution in [-0.4, -0.2) is 43.6 Å². The van der Waals surface area contributed by atoms with Gasteiger partial charge in [0.05, 0.1) is 17.4 Å². The highest BCUT2D eigenvalue weighted by molar-refractivity contribution is 7.99. The Hall–Kier alpha value is -1.60. The molecule has 1 aromatic rings. The number of aromatic amines is 1. The lowest BCUT2D eigenvalue weighted by atomic mass is 9.88. The molecule has 1 amide bonds. The number of carbonyl (C=O) groups excluding carboxylic acids is 1. The van der Waals surface area contributed by atoms with E-state index in [4.69, 9.17) is 0 Å². The van der Waals surface area contributed by atoms with Gasteiger partial charge in [0.2, 0.25) is 11.1 Å². The number of aliphatic hydroxyl groups is 1. The zero-order chi connectivity index (χ0) is 16.6. The molecule has 0 spiro atoms. The highest BCUT2D eigenvalue weighted by atomic mass is 32.2. The first-order valence-electron chi connectivity index (χ1n) is 7.22. The second-order valence-corrected chi connectivity index (χ2v) is 6.03. The van der Waals surface area contributed by atoms with Crippen LogP contribution in [-0.2, 0) is 11.2 Å². The van der Waals surface area contributed by atoms with Crippen LogP contribution in [0.15, 0.2) is 30.5 Å². The normalized spacial score (nSPS) is 12.7. The minimum absolute atomic E-state index is 0.174. The molecule has 7 heteroatoms. The predicted octanol–water partition coefficient (Wildman–Crippen LogP) is 1.85. The van der Waals surface area contributed by atoms with Crippen molar-refractivity contribution in [2.75, 3.05) is 5.75 Å². The third-order valence-electron chi connectivity index (χ3n) is 3.36. The van der Waals surface area contributed by atoms with E-state index in [2.05, 4.69) is 33.7 Å². The van der Waals surface area contributed by atoms with Gasteiger partial charge in [-0.1, -0.05) is 30.8 Å². The van der Waals surface area contributed by atoms with Gasteiger partial charge in [-0.2, -0.15) is 0 Å². The van der Waals surface area contributed by atoms with Crippen molar-refractivity contribution in [2.45, 2.75) is 49.9 Å². The first-order chi connectivity index (χ1) is 10.4. The molecule has 0 aliphatic carbocycles. The van der Waals surface area contributed by atoms with E-state index in [1.165, 1.54) is 11.8 Å². The Morgan fingerprint density at radius 3 is 2.64 bits per heavy atom. The Bertz CT molecular complexity index is 505. The molecular weight excluding hydrogens is 300 g/mol. The summed E-state index contributed by atoms with van der Waals surface area (Å²) in [7, 11) is 0. The van der Waals surface area contributed by atoms with Crippen LogP contribution in [0.25, 0.3) is 0 Å². The van der Waals surface area contributed by atoms with Crippen LogP contribution in [0, 0.1) is 0 Å². The number of carbonyl (C=O) groups is 1. The zero-order valence-corrected chi connectivity index (χ0v) is 13.9. The third-order valence-corrected chi connectivity index (χ3v) is 4.20. The molecule has 22 heavy (non-hydrogen) atoms. The highest BCUT2D eigenvalue weighted by Crippen LogP contribution is 2.21. The summed E-state index contributed by atoms with van der Waals surface area (Å²) < 4.78 is 0. The maximum Gasteiger partial charge on any atom is 0.230 e. The smallest absolute Gasteiger partial charge is 0.230 e. The molecule has 0 saturated heterocycles. The van der Waals surface area contributed by atoms with Crippen LogP contribution in [0.3, 0.4) is 0 Å². The average molecular weight is 324 g/mol. The molecule has 0 fully saturated rings. The van der Waals surface area contributed by atoms with E-state index in [9.17, 15) is 9.90 Å². The molecule has 1 atom stereocenters. The molecule has 3 N–H and O–H groups in total. The van der Waals surface area contributed by atoms with Crippen molar-refractivity contribution in [2.24, 2.45) is 0 Å². The van der Waals surface area contributed by atoms with Gasteiger partial charge in [-0.3, -0.25) is 9.89 Å². The lowest BCUT2D eigenvalue weighted by Gasteiger charge is -2.33. The number of amides is 1. The Labute approximate surface area is 135 Å². The minimum Gasteiger partial charge on any atom is -0.387 e. The van der Waals surface area contributed by atoms with E-state index in [0.29, 0.717) is 18.0 Å². The van der Waals surface area contributed by atoms with E-state index < -0.39 is 11.6 Å². The fourth-order valence-corrected chi connectivity index (χ4v) is 2.61.